The van der Waals surface area contributed by atoms with Crippen LogP contribution in [0.15, 0.2) is 121 Å². The Balaban J connectivity index is 1.05. The van der Waals surface area contributed by atoms with E-state index in [1.165, 1.54) is 182 Å². The maximum atomic E-state index is 2.67. The number of benzene rings is 6. The van der Waals surface area contributed by atoms with Gasteiger partial charge in [-0.2, -0.15) is 0 Å². The summed E-state index contributed by atoms with van der Waals surface area (Å²) >= 11 is 0. The molecule has 11 rings (SSSR count). The molecule has 0 N–H and O–H groups in total. The van der Waals surface area contributed by atoms with E-state index in [-0.39, 0.29) is 5.41 Å². The molecule has 0 amide bonds. The molecule has 0 saturated heterocycles. The highest BCUT2D eigenvalue weighted by Gasteiger charge is 2.36. The molecule has 0 aromatic heterocycles. The third-order valence-corrected chi connectivity index (χ3v) is 16.4. The fraction of sp³-hybridized carbons (Fsp3) is 0.410. The molecule has 1 nitrogen and oxygen atoms in total. The lowest BCUT2D eigenvalue weighted by atomic mass is 9.78. The molecule has 316 valence electrons. The highest BCUT2D eigenvalue weighted by molar-refractivity contribution is 5.88. The number of rotatable bonds is 8. The lowest BCUT2D eigenvalue weighted by Crippen LogP contribution is -2.18. The summed E-state index contributed by atoms with van der Waals surface area (Å²) in [5.41, 5.74) is 22.8. The average Bonchev–Trinajstić information content (AvgIpc) is 3.57. The monoisotopic (exact) mass is 814 g/mol. The van der Waals surface area contributed by atoms with Crippen molar-refractivity contribution in [3.05, 3.63) is 160 Å². The number of hydrogen-bond acceptors (Lipinski definition) is 1. The van der Waals surface area contributed by atoms with Gasteiger partial charge in [0.05, 0.1) is 5.69 Å². The van der Waals surface area contributed by atoms with Gasteiger partial charge >= 0.3 is 0 Å². The first-order valence-electron chi connectivity index (χ1n) is 25.0. The Kier molecular flexibility index (Phi) is 11.0. The summed E-state index contributed by atoms with van der Waals surface area (Å²) < 4.78 is 0. The Hall–Kier alpha value is -4.88. The third-order valence-electron chi connectivity index (χ3n) is 16.4. The van der Waals surface area contributed by atoms with Gasteiger partial charge in [0.1, 0.15) is 0 Å². The smallest absolute Gasteiger partial charge is 0.0502 e. The molecule has 0 atom stereocenters. The van der Waals surface area contributed by atoms with E-state index in [2.05, 4.69) is 140 Å². The first-order valence-corrected chi connectivity index (χ1v) is 25.0. The number of fused-ring (bicyclic) bond motifs is 4. The molecule has 0 spiro atoms. The topological polar surface area (TPSA) is 3.24 Å². The molecule has 1 heteroatoms. The molecule has 5 aliphatic carbocycles. The van der Waals surface area contributed by atoms with E-state index in [1.54, 1.807) is 16.7 Å². The Morgan fingerprint density at radius 3 is 1.68 bits per heavy atom. The minimum Gasteiger partial charge on any atom is -0.310 e. The fourth-order valence-electron chi connectivity index (χ4n) is 12.9. The molecule has 6 aromatic rings. The summed E-state index contributed by atoms with van der Waals surface area (Å²) in [6.45, 7) is 4.85. The van der Waals surface area contributed by atoms with Gasteiger partial charge in [-0.3, -0.25) is 0 Å². The summed E-state index contributed by atoms with van der Waals surface area (Å²) in [6, 6.07) is 48.8. The predicted octanol–water partition coefficient (Wildman–Crippen LogP) is 17.8. The molecule has 62 heavy (non-hydrogen) atoms. The van der Waals surface area contributed by atoms with Crippen LogP contribution in [-0.4, -0.2) is 0 Å². The minimum absolute atomic E-state index is 0.0651. The Bertz CT molecular complexity index is 2530. The quantitative estimate of drug-likeness (QED) is 0.148. The zero-order chi connectivity index (χ0) is 41.6. The van der Waals surface area contributed by atoms with Crippen LogP contribution in [0.25, 0.3) is 33.4 Å². The molecule has 6 aromatic carbocycles. The first-order chi connectivity index (χ1) is 30.5. The van der Waals surface area contributed by atoms with E-state index in [0.717, 1.165) is 12.8 Å². The molecule has 0 bridgehead atoms. The Labute approximate surface area is 373 Å². The SMILES string of the molecule is CC1(C)c2ccccc2-c2ccc(N(c3cccc(C4CCCCC4)c3)c3cc(-c4cccc(-c5cc(C6CCCCC6)cc(C6CCCCC6)c5)c4)cc4c3CCCC4)cc21. The number of hydrogen-bond donors (Lipinski definition) is 0. The van der Waals surface area contributed by atoms with Crippen LogP contribution in [0.4, 0.5) is 17.1 Å². The second-order valence-electron chi connectivity index (χ2n) is 20.6. The van der Waals surface area contributed by atoms with Gasteiger partial charge in [-0.25, -0.2) is 0 Å². The van der Waals surface area contributed by atoms with E-state index < -0.39 is 0 Å². The van der Waals surface area contributed by atoms with Crippen molar-refractivity contribution in [3.63, 3.8) is 0 Å². The van der Waals surface area contributed by atoms with Crippen LogP contribution in [0.3, 0.4) is 0 Å². The molecular weight excluding hydrogens is 747 g/mol. The first kappa shape index (κ1) is 39.9. The Morgan fingerprint density at radius 2 is 0.984 bits per heavy atom. The van der Waals surface area contributed by atoms with Crippen LogP contribution in [0.1, 0.15) is 180 Å². The largest absolute Gasteiger partial charge is 0.310 e. The molecule has 0 heterocycles. The maximum Gasteiger partial charge on any atom is 0.0502 e. The lowest BCUT2D eigenvalue weighted by Gasteiger charge is -2.33. The van der Waals surface area contributed by atoms with Crippen molar-refractivity contribution >= 4 is 17.1 Å². The van der Waals surface area contributed by atoms with Gasteiger partial charge in [0, 0.05) is 16.8 Å². The van der Waals surface area contributed by atoms with Gasteiger partial charge in [0.25, 0.3) is 0 Å². The number of anilines is 3. The fourth-order valence-corrected chi connectivity index (χ4v) is 12.9. The van der Waals surface area contributed by atoms with Crippen molar-refractivity contribution in [3.8, 4) is 33.4 Å². The van der Waals surface area contributed by atoms with Crippen LogP contribution < -0.4 is 4.90 Å². The molecule has 0 unspecified atom stereocenters. The van der Waals surface area contributed by atoms with E-state index in [9.17, 15) is 0 Å². The van der Waals surface area contributed by atoms with Crippen LogP contribution >= 0.6 is 0 Å². The maximum absolute atomic E-state index is 2.67. The van der Waals surface area contributed by atoms with Gasteiger partial charge in [0.2, 0.25) is 0 Å². The number of aryl methyl sites for hydroxylation is 1. The van der Waals surface area contributed by atoms with Gasteiger partial charge < -0.3 is 4.90 Å². The summed E-state index contributed by atoms with van der Waals surface area (Å²) in [6.07, 6.45) is 25.2. The molecule has 3 saturated carbocycles. The van der Waals surface area contributed by atoms with Crippen molar-refractivity contribution < 1.29 is 0 Å². The van der Waals surface area contributed by atoms with Crippen molar-refractivity contribution in [2.75, 3.05) is 4.90 Å². The molecular formula is C61H67N. The standard InChI is InChI=1S/C61H67N/c1-61(2)58-31-15-14-30-56(58)57-33-32-54(41-59(57)61)62(53-28-17-27-47(39-53)42-18-6-3-7-19-42)60-40-52(35-48-24-12-13-29-55(48)60)46-26-16-25-45(34-46)51-37-49(43-20-8-4-9-21-43)36-50(38-51)44-22-10-5-11-23-44/h14-17,25-28,30-44H,3-13,18-24,29H2,1-2H3. The summed E-state index contributed by atoms with van der Waals surface area (Å²) in [4.78, 5) is 2.67. The van der Waals surface area contributed by atoms with Crippen molar-refractivity contribution in [2.45, 2.75) is 159 Å². The molecule has 5 aliphatic rings. The molecule has 0 radical (unpaired) electrons. The van der Waals surface area contributed by atoms with Gasteiger partial charge in [-0.1, -0.05) is 157 Å². The van der Waals surface area contributed by atoms with Crippen LogP contribution in [-0.2, 0) is 18.3 Å². The van der Waals surface area contributed by atoms with Gasteiger partial charge in [-0.15, -0.1) is 0 Å². The van der Waals surface area contributed by atoms with Crippen LogP contribution in [0.2, 0.25) is 0 Å². The van der Waals surface area contributed by atoms with E-state index >= 15 is 0 Å². The second kappa shape index (κ2) is 17.0. The van der Waals surface area contributed by atoms with Crippen LogP contribution in [0.5, 0.6) is 0 Å². The highest BCUT2D eigenvalue weighted by atomic mass is 15.1. The third kappa shape index (κ3) is 7.56. The predicted molar refractivity (Wildman–Crippen MR) is 264 cm³/mol. The molecule has 0 aliphatic heterocycles. The normalized spacial score (nSPS) is 19.1. The summed E-state index contributed by atoms with van der Waals surface area (Å²) in [7, 11) is 0. The molecule has 3 fully saturated rings. The van der Waals surface area contributed by atoms with Crippen molar-refractivity contribution in [1.82, 2.24) is 0 Å². The van der Waals surface area contributed by atoms with E-state index in [1.807, 2.05) is 0 Å². The summed E-state index contributed by atoms with van der Waals surface area (Å²) in [5.74, 6) is 2.07. The lowest BCUT2D eigenvalue weighted by molar-refractivity contribution is 0.435. The van der Waals surface area contributed by atoms with E-state index in [0.29, 0.717) is 17.8 Å². The zero-order valence-electron chi connectivity index (χ0n) is 37.7. The van der Waals surface area contributed by atoms with Crippen molar-refractivity contribution in [1.29, 1.82) is 0 Å². The number of nitrogens with zero attached hydrogens (tertiary/aromatic N) is 1. The minimum atomic E-state index is -0.0651. The van der Waals surface area contributed by atoms with Gasteiger partial charge in [0.15, 0.2) is 0 Å². The Morgan fingerprint density at radius 1 is 0.403 bits per heavy atom. The van der Waals surface area contributed by atoms with Gasteiger partial charge in [-0.05, 0) is 191 Å². The summed E-state index contributed by atoms with van der Waals surface area (Å²) in [5, 5.41) is 0. The van der Waals surface area contributed by atoms with E-state index in [4.69, 9.17) is 0 Å². The highest BCUT2D eigenvalue weighted by Crippen LogP contribution is 2.52. The van der Waals surface area contributed by atoms with Crippen molar-refractivity contribution in [2.24, 2.45) is 0 Å². The average molecular weight is 814 g/mol. The second-order valence-corrected chi connectivity index (χ2v) is 20.6. The zero-order valence-corrected chi connectivity index (χ0v) is 37.7. The van der Waals surface area contributed by atoms with Crippen LogP contribution in [0, 0.1) is 0 Å².